The molecule has 0 unspecified atom stereocenters. The van der Waals surface area contributed by atoms with Gasteiger partial charge in [0.15, 0.2) is 0 Å². The molecule has 2 aromatic carbocycles. The summed E-state index contributed by atoms with van der Waals surface area (Å²) in [5, 5.41) is 19.1. The number of benzene rings is 2. The van der Waals surface area contributed by atoms with Crippen molar-refractivity contribution in [1.29, 1.82) is 0 Å². The number of urea groups is 1. The summed E-state index contributed by atoms with van der Waals surface area (Å²) in [7, 11) is 0. The molecule has 7 nitrogen and oxygen atoms in total. The number of carbonyl (C=O) groups is 1. The topological polar surface area (TPSA) is 96.3 Å². The Morgan fingerprint density at radius 3 is 2.56 bits per heavy atom. The number of hydrogen-bond acceptors (Lipinski definition) is 4. The molecule has 0 heterocycles. The van der Waals surface area contributed by atoms with Gasteiger partial charge in [0.25, 0.3) is 5.69 Å². The molecule has 2 aromatic rings. The van der Waals surface area contributed by atoms with E-state index in [1.54, 1.807) is 43.3 Å². The third-order valence-corrected chi connectivity index (χ3v) is 3.55. The highest BCUT2D eigenvalue weighted by atomic mass is 19.1. The fourth-order valence-corrected chi connectivity index (χ4v) is 2.31. The maximum absolute atomic E-state index is 13.7. The van der Waals surface area contributed by atoms with E-state index in [1.165, 1.54) is 12.1 Å². The zero-order valence-electron chi connectivity index (χ0n) is 13.7. The van der Waals surface area contributed by atoms with Gasteiger partial charge < -0.3 is 16.0 Å². The molecule has 3 N–H and O–H groups in total. The molecule has 0 aliphatic carbocycles. The number of anilines is 1. The van der Waals surface area contributed by atoms with Gasteiger partial charge in [0, 0.05) is 24.7 Å². The smallest absolute Gasteiger partial charge is 0.315 e. The number of hydrogen-bond donors (Lipinski definition) is 3. The Bertz CT molecular complexity index is 754. The highest BCUT2D eigenvalue weighted by Crippen LogP contribution is 2.22. The van der Waals surface area contributed by atoms with E-state index < -0.39 is 17.0 Å². The molecule has 0 saturated heterocycles. The van der Waals surface area contributed by atoms with E-state index in [9.17, 15) is 19.3 Å². The fraction of sp³-hybridized carbons (Fsp3) is 0.235. The molecule has 0 aliphatic heterocycles. The molecule has 0 aromatic heterocycles. The zero-order valence-corrected chi connectivity index (χ0v) is 13.7. The van der Waals surface area contributed by atoms with E-state index in [4.69, 9.17) is 0 Å². The molecule has 0 aliphatic rings. The van der Waals surface area contributed by atoms with E-state index in [0.717, 1.165) is 0 Å². The fourth-order valence-electron chi connectivity index (χ4n) is 2.31. The second-order valence-electron chi connectivity index (χ2n) is 5.34. The molecule has 2 amide bonds. The van der Waals surface area contributed by atoms with Gasteiger partial charge in [-0.15, -0.1) is 0 Å². The zero-order chi connectivity index (χ0) is 18.2. The summed E-state index contributed by atoms with van der Waals surface area (Å²) in [6, 6.07) is 11.6. The first-order chi connectivity index (χ1) is 12.0. The monoisotopic (exact) mass is 346 g/mol. The van der Waals surface area contributed by atoms with Crippen LogP contribution in [-0.2, 0) is 0 Å². The van der Waals surface area contributed by atoms with Crippen LogP contribution in [-0.4, -0.2) is 24.0 Å². The number of halogens is 1. The standard InChI is InChI=1S/C17H19FN4O3/c1-12(13-6-2-3-7-14(13)18)21-17(23)20-11-10-19-15-8-4-5-9-16(15)22(24)25/h2-9,12,19H,10-11H2,1H3,(H2,20,21,23)/t12-/m1/s1. The number of nitro groups is 1. The summed E-state index contributed by atoms with van der Waals surface area (Å²) in [5.41, 5.74) is 0.755. The number of nitrogens with zero attached hydrogens (tertiary/aromatic N) is 1. The Balaban J connectivity index is 1.78. The summed E-state index contributed by atoms with van der Waals surface area (Å²) in [6.07, 6.45) is 0. The molecule has 0 spiro atoms. The van der Waals surface area contributed by atoms with Crippen molar-refractivity contribution in [3.63, 3.8) is 0 Å². The summed E-state index contributed by atoms with van der Waals surface area (Å²) in [5.74, 6) is -0.381. The van der Waals surface area contributed by atoms with Crippen LogP contribution >= 0.6 is 0 Å². The number of nitro benzene ring substituents is 1. The second kappa shape index (κ2) is 8.62. The minimum absolute atomic E-state index is 0.0277. The molecule has 132 valence electrons. The number of amides is 2. The summed E-state index contributed by atoms with van der Waals surface area (Å²) in [6.45, 7) is 2.25. The largest absolute Gasteiger partial charge is 0.378 e. The first-order valence-electron chi connectivity index (χ1n) is 7.75. The number of nitrogens with one attached hydrogen (secondary N) is 3. The molecule has 1 atom stereocenters. The van der Waals surface area contributed by atoms with E-state index in [2.05, 4.69) is 16.0 Å². The van der Waals surface area contributed by atoms with Crippen molar-refractivity contribution in [1.82, 2.24) is 10.6 Å². The molecule has 0 radical (unpaired) electrons. The number of para-hydroxylation sites is 2. The number of rotatable bonds is 7. The molecule has 2 rings (SSSR count). The third kappa shape index (κ3) is 5.17. The Labute approximate surface area is 144 Å². The van der Waals surface area contributed by atoms with Crippen LogP contribution in [0.3, 0.4) is 0 Å². The molecule has 0 saturated carbocycles. The van der Waals surface area contributed by atoms with Crippen LogP contribution in [0.15, 0.2) is 48.5 Å². The summed E-state index contributed by atoms with van der Waals surface area (Å²) in [4.78, 5) is 22.3. The van der Waals surface area contributed by atoms with Crippen molar-refractivity contribution in [2.45, 2.75) is 13.0 Å². The van der Waals surface area contributed by atoms with Crippen LogP contribution in [0.5, 0.6) is 0 Å². The highest BCUT2D eigenvalue weighted by molar-refractivity contribution is 5.74. The van der Waals surface area contributed by atoms with Crippen molar-refractivity contribution < 1.29 is 14.1 Å². The Hall–Kier alpha value is -3.16. The van der Waals surface area contributed by atoms with Gasteiger partial charge >= 0.3 is 6.03 Å². The first-order valence-corrected chi connectivity index (χ1v) is 7.75. The third-order valence-electron chi connectivity index (χ3n) is 3.55. The van der Waals surface area contributed by atoms with Crippen LogP contribution in [0.25, 0.3) is 0 Å². The van der Waals surface area contributed by atoms with Gasteiger partial charge in [-0.1, -0.05) is 30.3 Å². The van der Waals surface area contributed by atoms with Crippen molar-refractivity contribution in [3.8, 4) is 0 Å². The maximum Gasteiger partial charge on any atom is 0.315 e. The van der Waals surface area contributed by atoms with E-state index >= 15 is 0 Å². The van der Waals surface area contributed by atoms with Gasteiger partial charge in [-0.05, 0) is 19.1 Å². The number of carbonyl (C=O) groups excluding carboxylic acids is 1. The van der Waals surface area contributed by atoms with Crippen molar-refractivity contribution >= 4 is 17.4 Å². The van der Waals surface area contributed by atoms with Crippen LogP contribution in [0.1, 0.15) is 18.5 Å². The van der Waals surface area contributed by atoms with Gasteiger partial charge in [-0.3, -0.25) is 10.1 Å². The van der Waals surface area contributed by atoms with E-state index in [1.807, 2.05) is 0 Å². The predicted molar refractivity (Wildman–Crippen MR) is 92.9 cm³/mol. The van der Waals surface area contributed by atoms with E-state index in [0.29, 0.717) is 17.8 Å². The molecule has 0 fully saturated rings. The van der Waals surface area contributed by atoms with Crippen LogP contribution < -0.4 is 16.0 Å². The highest BCUT2D eigenvalue weighted by Gasteiger charge is 2.13. The van der Waals surface area contributed by atoms with Gasteiger partial charge in [-0.25, -0.2) is 9.18 Å². The maximum atomic E-state index is 13.7. The Morgan fingerprint density at radius 1 is 1.16 bits per heavy atom. The molecule has 8 heteroatoms. The van der Waals surface area contributed by atoms with Gasteiger partial charge in [-0.2, -0.15) is 0 Å². The average Bonchev–Trinajstić information content (AvgIpc) is 2.59. The Kier molecular flexibility index (Phi) is 6.27. The lowest BCUT2D eigenvalue weighted by Crippen LogP contribution is -2.39. The van der Waals surface area contributed by atoms with E-state index in [-0.39, 0.29) is 18.0 Å². The van der Waals surface area contributed by atoms with Crippen LogP contribution in [0.2, 0.25) is 0 Å². The minimum Gasteiger partial charge on any atom is -0.378 e. The SMILES string of the molecule is C[C@@H](NC(=O)NCCNc1ccccc1[N+](=O)[O-])c1ccccc1F. The Morgan fingerprint density at radius 2 is 1.84 bits per heavy atom. The molecule has 0 bridgehead atoms. The van der Waals surface area contributed by atoms with Crippen molar-refractivity contribution in [2.24, 2.45) is 0 Å². The summed E-state index contributed by atoms with van der Waals surface area (Å²) >= 11 is 0. The quantitative estimate of drug-likeness (QED) is 0.407. The predicted octanol–water partition coefficient (Wildman–Crippen LogP) is 3.21. The minimum atomic E-state index is -0.482. The van der Waals surface area contributed by atoms with Gasteiger partial charge in [0.1, 0.15) is 11.5 Å². The second-order valence-corrected chi connectivity index (χ2v) is 5.34. The first kappa shape index (κ1) is 18.2. The normalized spacial score (nSPS) is 11.4. The molecular weight excluding hydrogens is 327 g/mol. The lowest BCUT2D eigenvalue weighted by atomic mass is 10.1. The van der Waals surface area contributed by atoms with Crippen molar-refractivity contribution in [2.75, 3.05) is 18.4 Å². The lowest BCUT2D eigenvalue weighted by molar-refractivity contribution is -0.384. The molecule has 25 heavy (non-hydrogen) atoms. The van der Waals surface area contributed by atoms with Gasteiger partial charge in [0.05, 0.1) is 11.0 Å². The summed E-state index contributed by atoms with van der Waals surface area (Å²) < 4.78 is 13.7. The molecular formula is C17H19FN4O3. The lowest BCUT2D eigenvalue weighted by Gasteiger charge is -2.16. The van der Waals surface area contributed by atoms with Crippen LogP contribution in [0, 0.1) is 15.9 Å². The van der Waals surface area contributed by atoms with Crippen molar-refractivity contribution in [3.05, 3.63) is 70.0 Å². The van der Waals surface area contributed by atoms with Gasteiger partial charge in [0.2, 0.25) is 0 Å². The van der Waals surface area contributed by atoms with Crippen LogP contribution in [0.4, 0.5) is 20.6 Å². The average molecular weight is 346 g/mol.